The lowest BCUT2D eigenvalue weighted by Crippen LogP contribution is -2.34. The van der Waals surface area contributed by atoms with Gasteiger partial charge in [0, 0.05) is 13.6 Å². The van der Waals surface area contributed by atoms with Crippen molar-refractivity contribution in [2.24, 2.45) is 7.05 Å². The Labute approximate surface area is 146 Å². The molecule has 0 radical (unpaired) electrons. The van der Waals surface area contributed by atoms with E-state index in [0.29, 0.717) is 0 Å². The monoisotopic (exact) mass is 339 g/mol. The van der Waals surface area contributed by atoms with Crippen LogP contribution in [-0.4, -0.2) is 40.5 Å². The third kappa shape index (κ3) is 2.38. The molecule has 3 aromatic rings. The highest BCUT2D eigenvalue weighted by molar-refractivity contribution is 5.87. The molecule has 1 aromatic carbocycles. The van der Waals surface area contributed by atoms with Gasteiger partial charge >= 0.3 is 0 Å². The first-order valence-electron chi connectivity index (χ1n) is 8.28. The standard InChI is InChI=1S/C18H21N5O2/c1-11-13-8-16(25-4)15(24-3)7-12(13)5-6-23(11)18-14-9-21-22(2)17(14)19-10-20-18/h7-11H,5-6H2,1-4H3. The summed E-state index contributed by atoms with van der Waals surface area (Å²) < 4.78 is 12.7. The zero-order valence-corrected chi connectivity index (χ0v) is 14.9. The largest absolute Gasteiger partial charge is 0.493 e. The van der Waals surface area contributed by atoms with Crippen LogP contribution in [-0.2, 0) is 13.5 Å². The SMILES string of the molecule is COc1cc2c(cc1OC)C(C)N(c1ncnc3c1cnn3C)CC2. The number of hydrogen-bond acceptors (Lipinski definition) is 6. The molecule has 7 nitrogen and oxygen atoms in total. The van der Waals surface area contributed by atoms with Crippen LogP contribution in [0, 0.1) is 0 Å². The highest BCUT2D eigenvalue weighted by Gasteiger charge is 2.28. The van der Waals surface area contributed by atoms with Crippen LogP contribution in [0.2, 0.25) is 0 Å². The average molecular weight is 339 g/mol. The van der Waals surface area contributed by atoms with Crippen molar-refractivity contribution in [3.05, 3.63) is 35.8 Å². The van der Waals surface area contributed by atoms with Crippen LogP contribution in [0.4, 0.5) is 5.82 Å². The van der Waals surface area contributed by atoms with E-state index < -0.39 is 0 Å². The normalized spacial score (nSPS) is 16.8. The van der Waals surface area contributed by atoms with Gasteiger partial charge in [-0.3, -0.25) is 4.68 Å². The third-order valence-electron chi connectivity index (χ3n) is 4.97. The molecule has 0 spiro atoms. The topological polar surface area (TPSA) is 65.3 Å². The van der Waals surface area contributed by atoms with E-state index in [2.05, 4.69) is 39.0 Å². The third-order valence-corrected chi connectivity index (χ3v) is 4.97. The van der Waals surface area contributed by atoms with Crippen molar-refractivity contribution < 1.29 is 9.47 Å². The molecule has 0 saturated carbocycles. The average Bonchev–Trinajstić information content (AvgIpc) is 3.02. The summed E-state index contributed by atoms with van der Waals surface area (Å²) in [4.78, 5) is 11.2. The molecule has 0 saturated heterocycles. The Hall–Kier alpha value is -2.83. The number of fused-ring (bicyclic) bond motifs is 2. The Bertz CT molecular complexity index is 937. The molecule has 1 unspecified atom stereocenters. The van der Waals surface area contributed by atoms with Gasteiger partial charge in [0.25, 0.3) is 0 Å². The molecule has 0 aliphatic carbocycles. The summed E-state index contributed by atoms with van der Waals surface area (Å²) in [5, 5.41) is 5.29. The van der Waals surface area contributed by atoms with Crippen molar-refractivity contribution in [1.82, 2.24) is 19.7 Å². The first kappa shape index (κ1) is 15.7. The first-order valence-corrected chi connectivity index (χ1v) is 8.28. The van der Waals surface area contributed by atoms with Crippen LogP contribution < -0.4 is 14.4 Å². The Balaban J connectivity index is 1.79. The molecule has 1 aliphatic rings. The van der Waals surface area contributed by atoms with E-state index in [1.807, 2.05) is 13.2 Å². The second kappa shape index (κ2) is 5.91. The van der Waals surface area contributed by atoms with E-state index in [1.54, 1.807) is 25.2 Å². The second-order valence-corrected chi connectivity index (χ2v) is 6.23. The summed E-state index contributed by atoms with van der Waals surface area (Å²) >= 11 is 0. The molecular formula is C18H21N5O2. The molecule has 4 rings (SSSR count). The van der Waals surface area contributed by atoms with Gasteiger partial charge in [0.05, 0.1) is 31.8 Å². The number of ether oxygens (including phenoxy) is 2. The molecule has 0 N–H and O–H groups in total. The van der Waals surface area contributed by atoms with Crippen LogP contribution >= 0.6 is 0 Å². The molecule has 130 valence electrons. The minimum absolute atomic E-state index is 0.168. The Kier molecular flexibility index (Phi) is 3.71. The van der Waals surface area contributed by atoms with Crippen molar-refractivity contribution in [2.45, 2.75) is 19.4 Å². The van der Waals surface area contributed by atoms with E-state index >= 15 is 0 Å². The smallest absolute Gasteiger partial charge is 0.163 e. The Morgan fingerprint density at radius 2 is 1.88 bits per heavy atom. The lowest BCUT2D eigenvalue weighted by Gasteiger charge is -2.36. The predicted molar refractivity (Wildman–Crippen MR) is 95.3 cm³/mol. The van der Waals surface area contributed by atoms with E-state index in [0.717, 1.165) is 41.3 Å². The maximum absolute atomic E-state index is 5.48. The van der Waals surface area contributed by atoms with Crippen molar-refractivity contribution in [3.63, 3.8) is 0 Å². The van der Waals surface area contributed by atoms with Crippen LogP contribution in [0.3, 0.4) is 0 Å². The number of anilines is 1. The maximum atomic E-state index is 5.48. The van der Waals surface area contributed by atoms with Gasteiger partial charge in [-0.15, -0.1) is 0 Å². The van der Waals surface area contributed by atoms with E-state index in [-0.39, 0.29) is 6.04 Å². The molecule has 0 bridgehead atoms. The van der Waals surface area contributed by atoms with E-state index in [1.165, 1.54) is 11.1 Å². The highest BCUT2D eigenvalue weighted by atomic mass is 16.5. The predicted octanol–water partition coefficient (Wildman–Crippen LogP) is 2.50. The molecule has 1 atom stereocenters. The van der Waals surface area contributed by atoms with Crippen LogP contribution in [0.1, 0.15) is 24.1 Å². The second-order valence-electron chi connectivity index (χ2n) is 6.23. The lowest BCUT2D eigenvalue weighted by atomic mass is 9.92. The quantitative estimate of drug-likeness (QED) is 0.730. The fourth-order valence-corrected chi connectivity index (χ4v) is 3.61. The maximum Gasteiger partial charge on any atom is 0.163 e. The number of rotatable bonds is 3. The van der Waals surface area contributed by atoms with Gasteiger partial charge in [-0.1, -0.05) is 0 Å². The zero-order chi connectivity index (χ0) is 17.6. The summed E-state index contributed by atoms with van der Waals surface area (Å²) in [6.45, 7) is 3.07. The van der Waals surface area contributed by atoms with E-state index in [9.17, 15) is 0 Å². The van der Waals surface area contributed by atoms with E-state index in [4.69, 9.17) is 9.47 Å². The number of benzene rings is 1. The molecule has 0 fully saturated rings. The van der Waals surface area contributed by atoms with Gasteiger partial charge in [-0.25, -0.2) is 9.97 Å². The summed E-state index contributed by atoms with van der Waals surface area (Å²) in [6.07, 6.45) is 4.36. The number of methoxy groups -OCH3 is 2. The van der Waals surface area contributed by atoms with Crippen molar-refractivity contribution in [2.75, 3.05) is 25.7 Å². The molecule has 1 aliphatic heterocycles. The fraction of sp³-hybridized carbons (Fsp3) is 0.389. The molecule has 2 aromatic heterocycles. The highest BCUT2D eigenvalue weighted by Crippen LogP contribution is 2.40. The van der Waals surface area contributed by atoms with Crippen molar-refractivity contribution >= 4 is 16.9 Å². The molecule has 0 amide bonds. The number of hydrogen-bond donors (Lipinski definition) is 0. The minimum atomic E-state index is 0.168. The number of aryl methyl sites for hydroxylation is 1. The minimum Gasteiger partial charge on any atom is -0.493 e. The van der Waals surface area contributed by atoms with Gasteiger partial charge < -0.3 is 14.4 Å². The summed E-state index contributed by atoms with van der Waals surface area (Å²) in [6, 6.07) is 4.33. The van der Waals surface area contributed by atoms with Gasteiger partial charge in [0.2, 0.25) is 0 Å². The molecule has 3 heterocycles. The summed E-state index contributed by atoms with van der Waals surface area (Å²) in [5.41, 5.74) is 3.37. The zero-order valence-electron chi connectivity index (χ0n) is 14.9. The van der Waals surface area contributed by atoms with Gasteiger partial charge in [-0.2, -0.15) is 5.10 Å². The van der Waals surface area contributed by atoms with Gasteiger partial charge in [0.1, 0.15) is 12.1 Å². The molecular weight excluding hydrogens is 318 g/mol. The molecule has 7 heteroatoms. The van der Waals surface area contributed by atoms with Crippen LogP contribution in [0.25, 0.3) is 11.0 Å². The lowest BCUT2D eigenvalue weighted by molar-refractivity contribution is 0.353. The number of aromatic nitrogens is 4. The fourth-order valence-electron chi connectivity index (χ4n) is 3.61. The van der Waals surface area contributed by atoms with Crippen molar-refractivity contribution in [3.8, 4) is 11.5 Å². The Morgan fingerprint density at radius 3 is 2.64 bits per heavy atom. The van der Waals surface area contributed by atoms with Crippen LogP contribution in [0.5, 0.6) is 11.5 Å². The molecule has 25 heavy (non-hydrogen) atoms. The first-order chi connectivity index (χ1) is 12.1. The summed E-state index contributed by atoms with van der Waals surface area (Å²) in [7, 11) is 5.23. The van der Waals surface area contributed by atoms with Gasteiger partial charge in [-0.05, 0) is 36.6 Å². The number of nitrogens with zero attached hydrogens (tertiary/aromatic N) is 5. The van der Waals surface area contributed by atoms with Crippen molar-refractivity contribution in [1.29, 1.82) is 0 Å². The van der Waals surface area contributed by atoms with Gasteiger partial charge in [0.15, 0.2) is 17.1 Å². The summed E-state index contributed by atoms with van der Waals surface area (Å²) in [5.74, 6) is 2.45. The Morgan fingerprint density at radius 1 is 1.12 bits per heavy atom. The van der Waals surface area contributed by atoms with Crippen LogP contribution in [0.15, 0.2) is 24.7 Å².